The summed E-state index contributed by atoms with van der Waals surface area (Å²) >= 11 is 0. The van der Waals surface area contributed by atoms with E-state index in [9.17, 15) is 17.6 Å². The van der Waals surface area contributed by atoms with E-state index in [1.807, 2.05) is 0 Å². The minimum absolute atomic E-state index is 0.0404. The second-order valence-corrected chi connectivity index (χ2v) is 7.00. The Hall–Kier alpha value is -1.43. The van der Waals surface area contributed by atoms with Crippen molar-refractivity contribution in [2.75, 3.05) is 11.5 Å². The molecule has 0 atom stereocenters. The normalized spacial score (nSPS) is 11.8. The Morgan fingerprint density at radius 3 is 2.50 bits per heavy atom. The number of anilines is 1. The van der Waals surface area contributed by atoms with Gasteiger partial charge in [-0.1, -0.05) is 0 Å². The molecule has 0 saturated heterocycles. The van der Waals surface area contributed by atoms with Gasteiger partial charge in [-0.2, -0.15) is 0 Å². The first-order valence-electron chi connectivity index (χ1n) is 5.54. The number of Topliss-reactive ketones (excluding diaryl/α,β-unsaturated/α-hetero) is 1. The van der Waals surface area contributed by atoms with Crippen LogP contribution in [0.5, 0.6) is 0 Å². The molecule has 0 heterocycles. The van der Waals surface area contributed by atoms with E-state index in [1.54, 1.807) is 13.8 Å². The fourth-order valence-electron chi connectivity index (χ4n) is 1.32. The first-order valence-corrected chi connectivity index (χ1v) is 7.25. The highest BCUT2D eigenvalue weighted by Crippen LogP contribution is 2.14. The highest BCUT2D eigenvalue weighted by molar-refractivity contribution is 7.91. The Kier molecular flexibility index (Phi) is 4.45. The van der Waals surface area contributed by atoms with E-state index in [2.05, 4.69) is 0 Å². The number of carbonyl (C=O) groups excluding carboxylic acids is 1. The molecule has 1 aromatic rings. The molecule has 0 aromatic heterocycles. The molecule has 0 bridgehead atoms. The molecule has 2 N–H and O–H groups in total. The molecule has 0 spiro atoms. The molecule has 0 aliphatic carbocycles. The van der Waals surface area contributed by atoms with Gasteiger partial charge in [0.1, 0.15) is 5.82 Å². The molecule has 0 amide bonds. The average Bonchev–Trinajstić information content (AvgIpc) is 2.29. The predicted molar refractivity (Wildman–Crippen MR) is 68.7 cm³/mol. The van der Waals surface area contributed by atoms with Crippen LogP contribution in [-0.2, 0) is 9.84 Å². The molecule has 18 heavy (non-hydrogen) atoms. The van der Waals surface area contributed by atoms with Crippen molar-refractivity contribution in [2.24, 2.45) is 0 Å². The van der Waals surface area contributed by atoms with Crippen molar-refractivity contribution in [3.8, 4) is 0 Å². The van der Waals surface area contributed by atoms with Gasteiger partial charge in [-0.3, -0.25) is 4.79 Å². The van der Waals surface area contributed by atoms with Crippen molar-refractivity contribution in [1.82, 2.24) is 0 Å². The average molecular weight is 273 g/mol. The Morgan fingerprint density at radius 1 is 1.39 bits per heavy atom. The Balaban J connectivity index is 2.75. The third-order valence-corrected chi connectivity index (χ3v) is 4.86. The summed E-state index contributed by atoms with van der Waals surface area (Å²) in [5.41, 5.74) is 5.39. The van der Waals surface area contributed by atoms with Crippen molar-refractivity contribution < 1.29 is 17.6 Å². The van der Waals surface area contributed by atoms with Crippen LogP contribution < -0.4 is 5.73 Å². The molecule has 1 rings (SSSR count). The Morgan fingerprint density at radius 2 is 2.00 bits per heavy atom. The van der Waals surface area contributed by atoms with Gasteiger partial charge in [-0.05, 0) is 32.0 Å². The summed E-state index contributed by atoms with van der Waals surface area (Å²) in [6, 6.07) is 3.71. The lowest BCUT2D eigenvalue weighted by atomic mass is 10.1. The Bertz CT molecular complexity index is 552. The van der Waals surface area contributed by atoms with Crippen molar-refractivity contribution in [1.29, 1.82) is 0 Å². The zero-order chi connectivity index (χ0) is 13.9. The number of rotatable bonds is 5. The summed E-state index contributed by atoms with van der Waals surface area (Å²) in [5.74, 6) is -1.30. The minimum Gasteiger partial charge on any atom is -0.396 e. The zero-order valence-electron chi connectivity index (χ0n) is 10.3. The number of nitrogen functional groups attached to an aromatic ring is 1. The van der Waals surface area contributed by atoms with E-state index >= 15 is 0 Å². The van der Waals surface area contributed by atoms with Crippen LogP contribution in [0.4, 0.5) is 10.1 Å². The molecule has 0 saturated carbocycles. The first-order chi connectivity index (χ1) is 8.24. The van der Waals surface area contributed by atoms with Gasteiger partial charge >= 0.3 is 0 Å². The fraction of sp³-hybridized carbons (Fsp3) is 0.417. The molecule has 0 aliphatic heterocycles. The lowest BCUT2D eigenvalue weighted by Gasteiger charge is -2.07. The molecule has 0 fully saturated rings. The summed E-state index contributed by atoms with van der Waals surface area (Å²) in [6.07, 6.45) is -0.149. The molecular formula is C12H16FNO3S. The number of hydrogen-bond donors (Lipinski definition) is 1. The number of sulfone groups is 1. The fourth-order valence-corrected chi connectivity index (χ4v) is 2.26. The van der Waals surface area contributed by atoms with Crippen molar-refractivity contribution >= 4 is 21.3 Å². The third kappa shape index (κ3) is 3.53. The quantitative estimate of drug-likeness (QED) is 0.655. The number of nitrogens with two attached hydrogens (primary N) is 1. The number of carbonyl (C=O) groups is 1. The SMILES string of the molecule is CC(C)S(=O)(=O)CCC(=O)c1ccc(N)c(F)c1. The largest absolute Gasteiger partial charge is 0.396 e. The number of halogens is 1. The standard InChI is InChI=1S/C12H16FNO3S/c1-8(2)18(16,17)6-5-12(15)9-3-4-11(14)10(13)7-9/h3-4,7-8H,5-6,14H2,1-2H3. The van der Waals surface area contributed by atoms with Gasteiger partial charge in [-0.25, -0.2) is 12.8 Å². The molecule has 6 heteroatoms. The second-order valence-electron chi connectivity index (χ2n) is 4.33. The topological polar surface area (TPSA) is 77.2 Å². The summed E-state index contributed by atoms with van der Waals surface area (Å²) < 4.78 is 36.2. The molecule has 1 aromatic carbocycles. The number of hydrogen-bond acceptors (Lipinski definition) is 4. The second kappa shape index (κ2) is 5.48. The number of ketones is 1. The van der Waals surface area contributed by atoms with Gasteiger partial charge in [0, 0.05) is 12.0 Å². The monoisotopic (exact) mass is 273 g/mol. The highest BCUT2D eigenvalue weighted by Gasteiger charge is 2.18. The summed E-state index contributed by atoms with van der Waals surface area (Å²) in [7, 11) is -3.26. The molecule has 100 valence electrons. The van der Waals surface area contributed by atoms with Crippen LogP contribution in [0.3, 0.4) is 0 Å². The summed E-state index contributed by atoms with van der Waals surface area (Å²) in [4.78, 5) is 11.7. The molecule has 0 aliphatic rings. The van der Waals surface area contributed by atoms with Crippen molar-refractivity contribution in [2.45, 2.75) is 25.5 Å². The van der Waals surface area contributed by atoms with E-state index in [-0.39, 0.29) is 23.4 Å². The van der Waals surface area contributed by atoms with E-state index in [0.717, 1.165) is 6.07 Å². The third-order valence-electron chi connectivity index (χ3n) is 2.65. The van der Waals surface area contributed by atoms with Crippen molar-refractivity contribution in [3.05, 3.63) is 29.6 Å². The van der Waals surface area contributed by atoms with Crippen LogP contribution in [0.1, 0.15) is 30.6 Å². The van der Waals surface area contributed by atoms with Crippen LogP contribution in [-0.4, -0.2) is 25.2 Å². The smallest absolute Gasteiger partial charge is 0.163 e. The van der Waals surface area contributed by atoms with Crippen LogP contribution in [0, 0.1) is 5.82 Å². The highest BCUT2D eigenvalue weighted by atomic mass is 32.2. The van der Waals surface area contributed by atoms with Gasteiger partial charge in [0.05, 0.1) is 16.7 Å². The molecule has 4 nitrogen and oxygen atoms in total. The minimum atomic E-state index is -3.26. The van der Waals surface area contributed by atoms with Crippen LogP contribution in [0.25, 0.3) is 0 Å². The maximum absolute atomic E-state index is 13.1. The maximum atomic E-state index is 13.1. The van der Waals surface area contributed by atoms with Gasteiger partial charge < -0.3 is 5.73 Å². The van der Waals surface area contributed by atoms with E-state index in [1.165, 1.54) is 12.1 Å². The predicted octanol–water partition coefficient (Wildman–Crippen LogP) is 1.80. The zero-order valence-corrected chi connectivity index (χ0v) is 11.1. The van der Waals surface area contributed by atoms with E-state index < -0.39 is 26.7 Å². The van der Waals surface area contributed by atoms with E-state index in [4.69, 9.17) is 5.73 Å². The lowest BCUT2D eigenvalue weighted by Crippen LogP contribution is -2.20. The van der Waals surface area contributed by atoms with Crippen LogP contribution >= 0.6 is 0 Å². The van der Waals surface area contributed by atoms with Crippen LogP contribution in [0.2, 0.25) is 0 Å². The molecule has 0 radical (unpaired) electrons. The summed E-state index contributed by atoms with van der Waals surface area (Å²) in [5, 5.41) is -0.520. The van der Waals surface area contributed by atoms with Gasteiger partial charge in [0.25, 0.3) is 0 Å². The van der Waals surface area contributed by atoms with E-state index in [0.29, 0.717) is 0 Å². The van der Waals surface area contributed by atoms with Gasteiger partial charge in [0.2, 0.25) is 0 Å². The van der Waals surface area contributed by atoms with Gasteiger partial charge in [0.15, 0.2) is 15.6 Å². The first kappa shape index (κ1) is 14.6. The Labute approximate surface area is 106 Å². The van der Waals surface area contributed by atoms with Gasteiger partial charge in [-0.15, -0.1) is 0 Å². The number of benzene rings is 1. The maximum Gasteiger partial charge on any atom is 0.163 e. The lowest BCUT2D eigenvalue weighted by molar-refractivity contribution is 0.0988. The molecular weight excluding hydrogens is 257 g/mol. The van der Waals surface area contributed by atoms with Crippen LogP contribution in [0.15, 0.2) is 18.2 Å². The molecule has 0 unspecified atom stereocenters. The summed E-state index contributed by atoms with van der Waals surface area (Å²) in [6.45, 7) is 3.12. The van der Waals surface area contributed by atoms with Crippen molar-refractivity contribution in [3.63, 3.8) is 0 Å².